The molecule has 1 aromatic heterocycles. The van der Waals surface area contributed by atoms with Crippen molar-refractivity contribution in [1.82, 2.24) is 9.78 Å². The van der Waals surface area contributed by atoms with Gasteiger partial charge in [0.2, 0.25) is 0 Å². The largest absolute Gasteiger partial charge is 0.385 e. The SMILES string of the molecule is CCc1cc(CC(C)(O)c2ccc(C)cc2)n(CC)n1. The zero-order chi connectivity index (χ0) is 14.8. The van der Waals surface area contributed by atoms with E-state index in [0.29, 0.717) is 6.42 Å². The first-order valence-corrected chi connectivity index (χ1v) is 7.31. The van der Waals surface area contributed by atoms with Crippen molar-refractivity contribution in [3.8, 4) is 0 Å². The molecule has 20 heavy (non-hydrogen) atoms. The van der Waals surface area contributed by atoms with Crippen LogP contribution in [0.3, 0.4) is 0 Å². The van der Waals surface area contributed by atoms with Gasteiger partial charge in [-0.1, -0.05) is 36.8 Å². The smallest absolute Gasteiger partial charge is 0.0923 e. The molecule has 3 heteroatoms. The monoisotopic (exact) mass is 272 g/mol. The summed E-state index contributed by atoms with van der Waals surface area (Å²) in [6, 6.07) is 10.2. The molecule has 1 unspecified atom stereocenters. The van der Waals surface area contributed by atoms with Crippen LogP contribution in [0, 0.1) is 6.92 Å². The molecule has 108 valence electrons. The number of aryl methyl sites for hydroxylation is 3. The highest BCUT2D eigenvalue weighted by atomic mass is 16.3. The van der Waals surface area contributed by atoms with Gasteiger partial charge in [0.05, 0.1) is 11.3 Å². The van der Waals surface area contributed by atoms with Crippen LogP contribution in [-0.4, -0.2) is 14.9 Å². The van der Waals surface area contributed by atoms with Crippen molar-refractivity contribution in [2.75, 3.05) is 0 Å². The van der Waals surface area contributed by atoms with Gasteiger partial charge in [0.1, 0.15) is 0 Å². The van der Waals surface area contributed by atoms with E-state index in [1.165, 1.54) is 5.56 Å². The van der Waals surface area contributed by atoms with E-state index in [2.05, 4.69) is 31.9 Å². The molecule has 0 fully saturated rings. The van der Waals surface area contributed by atoms with Crippen LogP contribution in [0.2, 0.25) is 0 Å². The molecular formula is C17H24N2O. The second kappa shape index (κ2) is 5.80. The van der Waals surface area contributed by atoms with E-state index >= 15 is 0 Å². The Hall–Kier alpha value is -1.61. The lowest BCUT2D eigenvalue weighted by Crippen LogP contribution is -2.25. The topological polar surface area (TPSA) is 38.0 Å². The Kier molecular flexibility index (Phi) is 4.29. The van der Waals surface area contributed by atoms with Gasteiger partial charge >= 0.3 is 0 Å². The summed E-state index contributed by atoms with van der Waals surface area (Å²) < 4.78 is 1.99. The number of aromatic nitrogens is 2. The molecule has 0 spiro atoms. The van der Waals surface area contributed by atoms with Gasteiger partial charge in [0, 0.05) is 18.7 Å². The lowest BCUT2D eigenvalue weighted by molar-refractivity contribution is 0.0554. The van der Waals surface area contributed by atoms with E-state index in [1.54, 1.807) is 0 Å². The minimum Gasteiger partial charge on any atom is -0.385 e. The second-order valence-corrected chi connectivity index (χ2v) is 5.61. The van der Waals surface area contributed by atoms with Crippen LogP contribution in [0.25, 0.3) is 0 Å². The van der Waals surface area contributed by atoms with Crippen LogP contribution in [0.4, 0.5) is 0 Å². The number of rotatable bonds is 5. The third kappa shape index (κ3) is 3.10. The van der Waals surface area contributed by atoms with Crippen LogP contribution in [0.1, 0.15) is 43.3 Å². The number of hydrogen-bond acceptors (Lipinski definition) is 2. The number of hydrogen-bond donors (Lipinski definition) is 1. The van der Waals surface area contributed by atoms with Crippen LogP contribution in [-0.2, 0) is 25.0 Å². The number of benzene rings is 1. The summed E-state index contributed by atoms with van der Waals surface area (Å²) in [5, 5.41) is 15.3. The molecule has 1 aromatic carbocycles. The molecule has 2 rings (SSSR count). The molecule has 0 bridgehead atoms. The normalized spacial score (nSPS) is 14.2. The highest BCUT2D eigenvalue weighted by molar-refractivity contribution is 5.28. The summed E-state index contributed by atoms with van der Waals surface area (Å²) in [6.45, 7) is 8.94. The van der Waals surface area contributed by atoms with Crippen molar-refractivity contribution in [2.45, 2.75) is 52.7 Å². The van der Waals surface area contributed by atoms with Crippen LogP contribution in [0.5, 0.6) is 0 Å². The van der Waals surface area contributed by atoms with Gasteiger partial charge in [-0.2, -0.15) is 5.10 Å². The maximum atomic E-state index is 10.8. The lowest BCUT2D eigenvalue weighted by Gasteiger charge is -2.24. The Bertz CT molecular complexity index is 567. The molecule has 1 heterocycles. The predicted molar refractivity (Wildman–Crippen MR) is 81.7 cm³/mol. The molecule has 1 N–H and O–H groups in total. The summed E-state index contributed by atoms with van der Waals surface area (Å²) in [4.78, 5) is 0. The molecule has 0 amide bonds. The van der Waals surface area contributed by atoms with Gasteiger partial charge in [-0.05, 0) is 38.8 Å². The van der Waals surface area contributed by atoms with E-state index < -0.39 is 5.60 Å². The third-order valence-corrected chi connectivity index (χ3v) is 3.77. The molecule has 1 atom stereocenters. The van der Waals surface area contributed by atoms with E-state index in [-0.39, 0.29) is 0 Å². The van der Waals surface area contributed by atoms with Gasteiger partial charge < -0.3 is 5.11 Å². The van der Waals surface area contributed by atoms with Crippen molar-refractivity contribution in [3.63, 3.8) is 0 Å². The Balaban J connectivity index is 2.27. The number of nitrogens with zero attached hydrogens (tertiary/aromatic N) is 2. The zero-order valence-corrected chi connectivity index (χ0v) is 12.8. The van der Waals surface area contributed by atoms with Crippen molar-refractivity contribution in [1.29, 1.82) is 0 Å². The highest BCUT2D eigenvalue weighted by Gasteiger charge is 2.25. The Morgan fingerprint density at radius 2 is 1.85 bits per heavy atom. The van der Waals surface area contributed by atoms with E-state index in [4.69, 9.17) is 0 Å². The summed E-state index contributed by atoms with van der Waals surface area (Å²) in [7, 11) is 0. The van der Waals surface area contributed by atoms with E-state index in [1.807, 2.05) is 35.9 Å². The second-order valence-electron chi connectivity index (χ2n) is 5.61. The van der Waals surface area contributed by atoms with Gasteiger partial charge in [0.15, 0.2) is 0 Å². The number of aliphatic hydroxyl groups is 1. The van der Waals surface area contributed by atoms with Gasteiger partial charge in [-0.25, -0.2) is 0 Å². The zero-order valence-electron chi connectivity index (χ0n) is 12.8. The summed E-state index contributed by atoms with van der Waals surface area (Å²) in [6.07, 6.45) is 1.50. The molecule has 0 radical (unpaired) electrons. The molecule has 0 aliphatic carbocycles. The average molecular weight is 272 g/mol. The van der Waals surface area contributed by atoms with Crippen LogP contribution >= 0.6 is 0 Å². The Morgan fingerprint density at radius 1 is 1.20 bits per heavy atom. The average Bonchev–Trinajstić information content (AvgIpc) is 2.80. The lowest BCUT2D eigenvalue weighted by atomic mass is 9.90. The van der Waals surface area contributed by atoms with Crippen LogP contribution < -0.4 is 0 Å². The summed E-state index contributed by atoms with van der Waals surface area (Å²) in [5.74, 6) is 0. The molecule has 3 nitrogen and oxygen atoms in total. The minimum absolute atomic E-state index is 0.580. The summed E-state index contributed by atoms with van der Waals surface area (Å²) in [5.41, 5.74) is 3.46. The Labute approximate surface area is 121 Å². The van der Waals surface area contributed by atoms with Gasteiger partial charge in [-0.3, -0.25) is 4.68 Å². The fourth-order valence-corrected chi connectivity index (χ4v) is 2.47. The fraction of sp³-hybridized carbons (Fsp3) is 0.471. The quantitative estimate of drug-likeness (QED) is 0.907. The summed E-state index contributed by atoms with van der Waals surface area (Å²) >= 11 is 0. The van der Waals surface area contributed by atoms with E-state index in [0.717, 1.165) is 29.9 Å². The van der Waals surface area contributed by atoms with Crippen molar-refractivity contribution in [3.05, 3.63) is 52.8 Å². The molecule has 2 aromatic rings. The standard InChI is InChI=1S/C17H24N2O/c1-5-15-11-16(19(6-2)18-15)12-17(4,20)14-9-7-13(3)8-10-14/h7-11,20H,5-6,12H2,1-4H3. The van der Waals surface area contributed by atoms with Crippen molar-refractivity contribution in [2.24, 2.45) is 0 Å². The van der Waals surface area contributed by atoms with E-state index in [9.17, 15) is 5.11 Å². The van der Waals surface area contributed by atoms with Gasteiger partial charge in [0.25, 0.3) is 0 Å². The Morgan fingerprint density at radius 3 is 2.40 bits per heavy atom. The molecule has 0 saturated carbocycles. The molecule has 0 aliphatic rings. The fourth-order valence-electron chi connectivity index (χ4n) is 2.47. The third-order valence-electron chi connectivity index (χ3n) is 3.77. The maximum Gasteiger partial charge on any atom is 0.0923 e. The minimum atomic E-state index is -0.869. The first-order chi connectivity index (χ1) is 9.46. The molecule has 0 saturated heterocycles. The predicted octanol–water partition coefficient (Wildman–Crippen LogP) is 3.22. The maximum absolute atomic E-state index is 10.8. The van der Waals surface area contributed by atoms with Crippen LogP contribution in [0.15, 0.2) is 30.3 Å². The van der Waals surface area contributed by atoms with Crippen molar-refractivity contribution >= 4 is 0 Å². The highest BCUT2D eigenvalue weighted by Crippen LogP contribution is 2.26. The first kappa shape index (κ1) is 14.8. The van der Waals surface area contributed by atoms with Crippen molar-refractivity contribution < 1.29 is 5.11 Å². The molecule has 0 aliphatic heterocycles. The van der Waals surface area contributed by atoms with Gasteiger partial charge in [-0.15, -0.1) is 0 Å². The first-order valence-electron chi connectivity index (χ1n) is 7.31. The molecular weight excluding hydrogens is 248 g/mol.